The normalized spacial score (nSPS) is 19.0. The number of carboxylic acid groups (broad SMARTS) is 1. The van der Waals surface area contributed by atoms with Crippen LogP contribution >= 0.6 is 0 Å². The molecule has 1 aliphatic heterocycles. The molecule has 2 aromatic rings. The maximum Gasteiger partial charge on any atom is 0.416 e. The minimum Gasteiger partial charge on any atom is -0.465 e. The van der Waals surface area contributed by atoms with Crippen molar-refractivity contribution >= 4 is 11.8 Å². The molecule has 2 unspecified atom stereocenters. The molecule has 35 heavy (non-hydrogen) atoms. The summed E-state index contributed by atoms with van der Waals surface area (Å²) in [7, 11) is 0. The van der Waals surface area contributed by atoms with Gasteiger partial charge in [0.1, 0.15) is 0 Å². The minimum atomic E-state index is -5.05. The maximum absolute atomic E-state index is 13.3. The third-order valence-electron chi connectivity index (χ3n) is 5.74. The fourth-order valence-electron chi connectivity index (χ4n) is 4.09. The van der Waals surface area contributed by atoms with Crippen molar-refractivity contribution in [2.75, 3.05) is 4.90 Å². The first-order valence-corrected chi connectivity index (χ1v) is 10.3. The number of rotatable bonds is 4. The molecular formula is C22H19F9N2O2. The molecule has 0 saturated carbocycles. The third-order valence-corrected chi connectivity index (χ3v) is 5.74. The molecule has 192 valence electrons. The highest BCUT2D eigenvalue weighted by Crippen LogP contribution is 2.42. The van der Waals surface area contributed by atoms with Gasteiger partial charge in [-0.1, -0.05) is 6.92 Å². The monoisotopic (exact) mass is 514 g/mol. The molecule has 0 saturated heterocycles. The van der Waals surface area contributed by atoms with E-state index in [0.29, 0.717) is 18.2 Å². The number of alkyl halides is 9. The Hall–Kier alpha value is -2.96. The Labute approximate surface area is 193 Å². The number of fused-ring (bicyclic) bond motifs is 1. The van der Waals surface area contributed by atoms with Crippen LogP contribution in [0.4, 0.5) is 50.0 Å². The second-order valence-corrected chi connectivity index (χ2v) is 8.07. The molecule has 0 bridgehead atoms. The fourth-order valence-corrected chi connectivity index (χ4v) is 4.09. The Morgan fingerprint density at radius 2 is 1.46 bits per heavy atom. The number of amides is 1. The molecule has 1 amide bonds. The van der Waals surface area contributed by atoms with E-state index in [0.717, 1.165) is 17.0 Å². The molecule has 0 spiro atoms. The van der Waals surface area contributed by atoms with Crippen molar-refractivity contribution < 1.29 is 49.4 Å². The van der Waals surface area contributed by atoms with E-state index in [-0.39, 0.29) is 35.7 Å². The standard InChI is InChI=1S/C22H19F9N2O2/c1-2-15-9-17(16-8-12(20(23,24)25)3-4-18(16)33(15)19(34)35)32-10-11-5-13(21(26,27)28)7-14(6-11)22(29,30)31/h3-8,15,17,32H,2,9-10H2,1H3,(H,34,35). The molecule has 3 rings (SSSR count). The Kier molecular flexibility index (Phi) is 7.04. The van der Waals surface area contributed by atoms with Gasteiger partial charge in [0.25, 0.3) is 0 Å². The maximum atomic E-state index is 13.3. The lowest BCUT2D eigenvalue weighted by Crippen LogP contribution is -2.46. The Morgan fingerprint density at radius 1 is 0.914 bits per heavy atom. The zero-order valence-electron chi connectivity index (χ0n) is 17.9. The van der Waals surface area contributed by atoms with Crippen molar-refractivity contribution in [1.29, 1.82) is 0 Å². The molecule has 1 aliphatic rings. The predicted molar refractivity (Wildman–Crippen MR) is 107 cm³/mol. The summed E-state index contributed by atoms with van der Waals surface area (Å²) >= 11 is 0. The first-order chi connectivity index (χ1) is 16.0. The molecule has 2 atom stereocenters. The van der Waals surface area contributed by atoms with E-state index < -0.39 is 59.9 Å². The summed E-state index contributed by atoms with van der Waals surface area (Å²) < 4.78 is 119. The lowest BCUT2D eigenvalue weighted by molar-refractivity contribution is -0.143. The van der Waals surface area contributed by atoms with Crippen LogP contribution in [0.25, 0.3) is 0 Å². The quantitative estimate of drug-likeness (QED) is 0.423. The highest BCUT2D eigenvalue weighted by molar-refractivity contribution is 5.89. The van der Waals surface area contributed by atoms with Gasteiger partial charge >= 0.3 is 24.6 Å². The smallest absolute Gasteiger partial charge is 0.416 e. The third kappa shape index (κ3) is 5.82. The number of anilines is 1. The summed E-state index contributed by atoms with van der Waals surface area (Å²) in [6.45, 7) is 1.12. The number of nitrogens with one attached hydrogen (secondary N) is 1. The topological polar surface area (TPSA) is 52.6 Å². The van der Waals surface area contributed by atoms with Crippen molar-refractivity contribution in [2.45, 2.75) is 56.9 Å². The average molecular weight is 514 g/mol. The molecule has 2 aromatic carbocycles. The van der Waals surface area contributed by atoms with Crippen LogP contribution in [-0.2, 0) is 25.1 Å². The summed E-state index contributed by atoms with van der Waals surface area (Å²) in [5.41, 5.74) is -4.60. The van der Waals surface area contributed by atoms with E-state index >= 15 is 0 Å². The van der Waals surface area contributed by atoms with Gasteiger partial charge in [-0.05, 0) is 60.4 Å². The summed E-state index contributed by atoms with van der Waals surface area (Å²) in [4.78, 5) is 12.7. The van der Waals surface area contributed by atoms with Crippen molar-refractivity contribution in [3.63, 3.8) is 0 Å². The van der Waals surface area contributed by atoms with Gasteiger partial charge in [-0.3, -0.25) is 4.90 Å². The van der Waals surface area contributed by atoms with Crippen molar-refractivity contribution in [1.82, 2.24) is 5.32 Å². The molecule has 0 aromatic heterocycles. The Balaban J connectivity index is 2.02. The second-order valence-electron chi connectivity index (χ2n) is 8.07. The van der Waals surface area contributed by atoms with Gasteiger partial charge < -0.3 is 10.4 Å². The number of hydrogen-bond acceptors (Lipinski definition) is 2. The molecule has 0 fully saturated rings. The van der Waals surface area contributed by atoms with E-state index in [4.69, 9.17) is 0 Å². The number of hydrogen-bond donors (Lipinski definition) is 2. The van der Waals surface area contributed by atoms with E-state index in [2.05, 4.69) is 5.32 Å². The van der Waals surface area contributed by atoms with Crippen LogP contribution < -0.4 is 10.2 Å². The van der Waals surface area contributed by atoms with Gasteiger partial charge in [-0.25, -0.2) is 4.79 Å². The van der Waals surface area contributed by atoms with Gasteiger partial charge in [-0.2, -0.15) is 39.5 Å². The van der Waals surface area contributed by atoms with Gasteiger partial charge in [0.2, 0.25) is 0 Å². The Bertz CT molecular complexity index is 1060. The van der Waals surface area contributed by atoms with E-state index in [9.17, 15) is 49.4 Å². The summed E-state index contributed by atoms with van der Waals surface area (Å²) in [5.74, 6) is 0. The number of benzene rings is 2. The lowest BCUT2D eigenvalue weighted by Gasteiger charge is -2.39. The molecule has 1 heterocycles. The van der Waals surface area contributed by atoms with Crippen LogP contribution in [0, 0.1) is 0 Å². The average Bonchev–Trinajstić information content (AvgIpc) is 2.74. The van der Waals surface area contributed by atoms with E-state index in [1.54, 1.807) is 6.92 Å². The molecule has 13 heteroatoms. The molecule has 4 nitrogen and oxygen atoms in total. The zero-order valence-corrected chi connectivity index (χ0v) is 17.9. The van der Waals surface area contributed by atoms with Crippen LogP contribution in [0.3, 0.4) is 0 Å². The van der Waals surface area contributed by atoms with Crippen molar-refractivity contribution in [2.24, 2.45) is 0 Å². The van der Waals surface area contributed by atoms with Gasteiger partial charge in [0.05, 0.1) is 22.4 Å². The van der Waals surface area contributed by atoms with E-state index in [1.807, 2.05) is 0 Å². The number of nitrogens with zero attached hydrogens (tertiary/aromatic N) is 1. The second kappa shape index (κ2) is 9.25. The van der Waals surface area contributed by atoms with Crippen LogP contribution in [0.5, 0.6) is 0 Å². The highest BCUT2D eigenvalue weighted by atomic mass is 19.4. The van der Waals surface area contributed by atoms with Crippen LogP contribution in [0.15, 0.2) is 36.4 Å². The number of halogens is 9. The van der Waals surface area contributed by atoms with Crippen LogP contribution in [0.2, 0.25) is 0 Å². The van der Waals surface area contributed by atoms with Crippen LogP contribution in [-0.4, -0.2) is 17.2 Å². The predicted octanol–water partition coefficient (Wildman–Crippen LogP) is 7.24. The lowest BCUT2D eigenvalue weighted by atomic mass is 9.88. The first kappa shape index (κ1) is 26.6. The fraction of sp³-hybridized carbons (Fsp3) is 0.409. The SMILES string of the molecule is CCC1CC(NCc2cc(C(F)(F)F)cc(C(F)(F)F)c2)c2cc(C(F)(F)F)ccc2N1C(=O)O. The van der Waals surface area contributed by atoms with Crippen molar-refractivity contribution in [3.8, 4) is 0 Å². The molecule has 0 radical (unpaired) electrons. The molecule has 0 aliphatic carbocycles. The van der Waals surface area contributed by atoms with Gasteiger partial charge in [0.15, 0.2) is 0 Å². The van der Waals surface area contributed by atoms with Gasteiger partial charge in [0, 0.05) is 18.6 Å². The van der Waals surface area contributed by atoms with Crippen molar-refractivity contribution in [3.05, 3.63) is 64.2 Å². The zero-order chi connectivity index (χ0) is 26.3. The minimum absolute atomic E-state index is 0.0210. The molecular weight excluding hydrogens is 495 g/mol. The first-order valence-electron chi connectivity index (χ1n) is 10.3. The van der Waals surface area contributed by atoms with Gasteiger partial charge in [-0.15, -0.1) is 0 Å². The largest absolute Gasteiger partial charge is 0.465 e. The highest BCUT2D eigenvalue weighted by Gasteiger charge is 2.39. The summed E-state index contributed by atoms with van der Waals surface area (Å²) in [6.07, 6.45) is -16.0. The van der Waals surface area contributed by atoms with E-state index in [1.165, 1.54) is 0 Å². The Morgan fingerprint density at radius 3 is 1.91 bits per heavy atom. The summed E-state index contributed by atoms with van der Waals surface area (Å²) in [5, 5.41) is 12.3. The molecule has 2 N–H and O–H groups in total. The number of carbonyl (C=O) groups is 1. The summed E-state index contributed by atoms with van der Waals surface area (Å²) in [6, 6.07) is 1.84. The van der Waals surface area contributed by atoms with Crippen LogP contribution in [0.1, 0.15) is 53.6 Å².